The molecule has 1 aromatic heterocycles. The Morgan fingerprint density at radius 3 is 3.09 bits per heavy atom. The second-order valence-corrected chi connectivity index (χ2v) is 7.62. The molecule has 1 N–H and O–H groups in total. The normalized spacial score (nSPS) is 16.0. The molecule has 1 aliphatic rings. The summed E-state index contributed by atoms with van der Waals surface area (Å²) in [6.07, 6.45) is 3.27. The summed E-state index contributed by atoms with van der Waals surface area (Å²) in [5.74, 6) is 1.67. The van der Waals surface area contributed by atoms with Crippen LogP contribution < -0.4 is 10.1 Å². The minimum atomic E-state index is -0.0431. The lowest BCUT2D eigenvalue weighted by molar-refractivity contribution is -0.121. The number of ether oxygens (including phenoxy) is 1. The average molecular weight is 368 g/mol. The van der Waals surface area contributed by atoms with Crippen LogP contribution >= 0.6 is 34.7 Å². The van der Waals surface area contributed by atoms with Crippen molar-refractivity contribution in [2.75, 3.05) is 18.6 Å². The molecule has 1 amide bonds. The molecule has 0 unspecified atom stereocenters. The van der Waals surface area contributed by atoms with E-state index in [1.807, 2.05) is 12.3 Å². The summed E-state index contributed by atoms with van der Waals surface area (Å²) in [5, 5.41) is 7.74. The number of thioether (sulfide) groups is 1. The summed E-state index contributed by atoms with van der Waals surface area (Å²) in [6, 6.07) is 6.17. The van der Waals surface area contributed by atoms with Crippen molar-refractivity contribution in [2.24, 2.45) is 0 Å². The number of fused-ring (bicyclic) bond motifs is 1. The first-order chi connectivity index (χ1) is 11.2. The second kappa shape index (κ2) is 7.60. The van der Waals surface area contributed by atoms with Gasteiger partial charge >= 0.3 is 0 Å². The molecule has 0 saturated carbocycles. The number of carbonyl (C=O) groups is 1. The molecular weight excluding hydrogens is 350 g/mol. The van der Waals surface area contributed by atoms with Gasteiger partial charge in [-0.25, -0.2) is 0 Å². The Balaban J connectivity index is 1.64. The van der Waals surface area contributed by atoms with E-state index in [0.29, 0.717) is 18.0 Å². The van der Waals surface area contributed by atoms with Crippen molar-refractivity contribution in [3.8, 4) is 16.9 Å². The molecule has 0 bridgehead atoms. The van der Waals surface area contributed by atoms with Crippen molar-refractivity contribution in [1.82, 2.24) is 5.32 Å². The average Bonchev–Trinajstić information content (AvgIpc) is 3.20. The molecule has 1 atom stereocenters. The lowest BCUT2D eigenvalue weighted by Crippen LogP contribution is -2.34. The molecule has 1 aromatic carbocycles. The standard InChI is InChI=1S/C17H18ClNO2S2/c1-22-4-3-16(20)19-9-14-7-13-6-12(11-2-5-23-10-11)8-15(18)17(13)21-14/h2,5-6,8,10,14H,3-4,7,9H2,1H3,(H,19,20)/t14-/m1/s1. The van der Waals surface area contributed by atoms with Crippen LogP contribution in [-0.2, 0) is 11.2 Å². The van der Waals surface area contributed by atoms with Gasteiger partial charge in [-0.3, -0.25) is 4.79 Å². The third-order valence-corrected chi connectivity index (χ3v) is 5.34. The molecule has 3 rings (SSSR count). The number of thiophene rings is 1. The van der Waals surface area contributed by atoms with Crippen molar-refractivity contribution in [2.45, 2.75) is 18.9 Å². The number of nitrogens with one attached hydrogen (secondary N) is 1. The first-order valence-corrected chi connectivity index (χ1v) is 10.2. The highest BCUT2D eigenvalue weighted by atomic mass is 35.5. The van der Waals surface area contributed by atoms with E-state index in [9.17, 15) is 4.79 Å². The zero-order valence-electron chi connectivity index (χ0n) is 12.8. The van der Waals surface area contributed by atoms with Gasteiger partial charge in [-0.15, -0.1) is 0 Å². The SMILES string of the molecule is CSCCC(=O)NC[C@H]1Cc2cc(-c3ccsc3)cc(Cl)c2O1. The van der Waals surface area contributed by atoms with E-state index >= 15 is 0 Å². The van der Waals surface area contributed by atoms with Crippen LogP contribution in [0.2, 0.25) is 5.02 Å². The smallest absolute Gasteiger partial charge is 0.220 e. The second-order valence-electron chi connectivity index (χ2n) is 5.45. The molecule has 0 fully saturated rings. The Hall–Kier alpha value is -1.17. The van der Waals surface area contributed by atoms with E-state index in [1.165, 1.54) is 5.56 Å². The van der Waals surface area contributed by atoms with Gasteiger partial charge in [0.05, 0.1) is 11.6 Å². The van der Waals surface area contributed by atoms with Gasteiger partial charge in [0.25, 0.3) is 0 Å². The first-order valence-electron chi connectivity index (χ1n) is 7.44. The highest BCUT2D eigenvalue weighted by Gasteiger charge is 2.26. The Morgan fingerprint density at radius 1 is 1.48 bits per heavy atom. The zero-order chi connectivity index (χ0) is 16.2. The van der Waals surface area contributed by atoms with E-state index in [2.05, 4.69) is 28.2 Å². The topological polar surface area (TPSA) is 38.3 Å². The number of carbonyl (C=O) groups excluding carboxylic acids is 1. The molecule has 0 saturated heterocycles. The van der Waals surface area contributed by atoms with Crippen molar-refractivity contribution in [3.05, 3.63) is 39.5 Å². The molecule has 2 aromatic rings. The van der Waals surface area contributed by atoms with Crippen molar-refractivity contribution < 1.29 is 9.53 Å². The van der Waals surface area contributed by atoms with Crippen molar-refractivity contribution in [1.29, 1.82) is 0 Å². The Morgan fingerprint density at radius 2 is 2.35 bits per heavy atom. The molecule has 0 spiro atoms. The minimum absolute atomic E-state index is 0.0431. The van der Waals surface area contributed by atoms with Crippen molar-refractivity contribution in [3.63, 3.8) is 0 Å². The van der Waals surface area contributed by atoms with E-state index < -0.39 is 0 Å². The number of rotatable bonds is 6. The molecule has 0 radical (unpaired) electrons. The van der Waals surface area contributed by atoms with Crippen LogP contribution in [0.5, 0.6) is 5.75 Å². The van der Waals surface area contributed by atoms with Crippen LogP contribution in [0.4, 0.5) is 0 Å². The lowest BCUT2D eigenvalue weighted by atomic mass is 10.0. The van der Waals surface area contributed by atoms with Crippen molar-refractivity contribution >= 4 is 40.6 Å². The molecule has 122 valence electrons. The Kier molecular flexibility index (Phi) is 5.51. The summed E-state index contributed by atoms with van der Waals surface area (Å²) in [4.78, 5) is 11.7. The van der Waals surface area contributed by atoms with E-state index in [4.69, 9.17) is 16.3 Å². The first kappa shape index (κ1) is 16.7. The molecule has 2 heterocycles. The predicted octanol–water partition coefficient (Wildman–Crippen LogP) is 4.24. The molecule has 1 aliphatic heterocycles. The maximum absolute atomic E-state index is 11.7. The van der Waals surface area contributed by atoms with E-state index in [1.54, 1.807) is 23.1 Å². The molecule has 3 nitrogen and oxygen atoms in total. The predicted molar refractivity (Wildman–Crippen MR) is 98.9 cm³/mol. The highest BCUT2D eigenvalue weighted by Crippen LogP contribution is 2.39. The van der Waals surface area contributed by atoms with Crippen LogP contribution in [-0.4, -0.2) is 30.6 Å². The minimum Gasteiger partial charge on any atom is -0.486 e. The fourth-order valence-electron chi connectivity index (χ4n) is 2.61. The zero-order valence-corrected chi connectivity index (χ0v) is 15.2. The van der Waals surface area contributed by atoms with Crippen LogP contribution in [0.1, 0.15) is 12.0 Å². The Bertz CT molecular complexity index is 688. The molecule has 23 heavy (non-hydrogen) atoms. The summed E-state index contributed by atoms with van der Waals surface area (Å²) >= 11 is 9.72. The van der Waals surface area contributed by atoms with E-state index in [0.717, 1.165) is 29.1 Å². The van der Waals surface area contributed by atoms with Gasteiger partial charge in [0.15, 0.2) is 0 Å². The largest absolute Gasteiger partial charge is 0.486 e. The molecular formula is C17H18ClNO2S2. The quantitative estimate of drug-likeness (QED) is 0.829. The van der Waals surface area contributed by atoms with Gasteiger partial charge < -0.3 is 10.1 Å². The van der Waals surface area contributed by atoms with Gasteiger partial charge in [-0.2, -0.15) is 23.1 Å². The summed E-state index contributed by atoms with van der Waals surface area (Å²) in [7, 11) is 0. The van der Waals surface area contributed by atoms with Gasteiger partial charge in [0.2, 0.25) is 5.91 Å². The molecule has 6 heteroatoms. The maximum atomic E-state index is 11.7. The van der Waals surface area contributed by atoms with Crippen LogP contribution in [0.3, 0.4) is 0 Å². The third-order valence-electron chi connectivity index (χ3n) is 3.77. The van der Waals surface area contributed by atoms with Gasteiger partial charge in [-0.05, 0) is 46.3 Å². The monoisotopic (exact) mass is 367 g/mol. The van der Waals surface area contributed by atoms with Gasteiger partial charge in [0.1, 0.15) is 11.9 Å². The molecule has 0 aliphatic carbocycles. The number of benzene rings is 1. The fourth-order valence-corrected chi connectivity index (χ4v) is 3.95. The summed E-state index contributed by atoms with van der Waals surface area (Å²) in [6.45, 7) is 0.520. The highest BCUT2D eigenvalue weighted by molar-refractivity contribution is 7.98. The Labute approximate surface area is 149 Å². The summed E-state index contributed by atoms with van der Waals surface area (Å²) in [5.41, 5.74) is 3.40. The van der Waals surface area contributed by atoms with Crippen LogP contribution in [0, 0.1) is 0 Å². The summed E-state index contributed by atoms with van der Waals surface area (Å²) < 4.78 is 5.92. The number of hydrogen-bond acceptors (Lipinski definition) is 4. The van der Waals surface area contributed by atoms with Gasteiger partial charge in [-0.1, -0.05) is 11.6 Å². The van der Waals surface area contributed by atoms with Gasteiger partial charge in [0, 0.05) is 24.2 Å². The van der Waals surface area contributed by atoms with Crippen LogP contribution in [0.15, 0.2) is 29.0 Å². The van der Waals surface area contributed by atoms with E-state index in [-0.39, 0.29) is 12.0 Å². The third kappa shape index (κ3) is 4.03. The number of hydrogen-bond donors (Lipinski definition) is 1. The van der Waals surface area contributed by atoms with Crippen LogP contribution in [0.25, 0.3) is 11.1 Å². The maximum Gasteiger partial charge on any atom is 0.220 e. The fraction of sp³-hybridized carbons (Fsp3) is 0.353. The number of amides is 1. The number of halogens is 1. The lowest BCUT2D eigenvalue weighted by Gasteiger charge is -2.12.